The molecule has 1 amide bonds. The Morgan fingerprint density at radius 2 is 2.04 bits per heavy atom. The zero-order chi connectivity index (χ0) is 18.5. The Balaban J connectivity index is 1.55. The highest BCUT2D eigenvalue weighted by atomic mass is 16.5. The molecule has 0 unspecified atom stereocenters. The summed E-state index contributed by atoms with van der Waals surface area (Å²) in [5.74, 6) is 1.35. The number of amides is 1. The van der Waals surface area contributed by atoms with Gasteiger partial charge in [-0.2, -0.15) is 5.10 Å². The maximum atomic E-state index is 12.5. The second-order valence-electron chi connectivity index (χ2n) is 6.95. The van der Waals surface area contributed by atoms with E-state index in [1.165, 1.54) is 0 Å². The van der Waals surface area contributed by atoms with Crippen molar-refractivity contribution in [2.45, 2.75) is 52.2 Å². The summed E-state index contributed by atoms with van der Waals surface area (Å²) < 4.78 is 7.12. The summed E-state index contributed by atoms with van der Waals surface area (Å²) in [7, 11) is 1.69. The second kappa shape index (κ2) is 8.40. The van der Waals surface area contributed by atoms with Crippen LogP contribution in [0.3, 0.4) is 0 Å². The second-order valence-corrected chi connectivity index (χ2v) is 6.95. The zero-order valence-electron chi connectivity index (χ0n) is 15.8. The molecular formula is C19H27N5O2. The third-order valence-electron chi connectivity index (χ3n) is 4.87. The summed E-state index contributed by atoms with van der Waals surface area (Å²) in [6.07, 6.45) is 8.00. The molecule has 0 saturated carbocycles. The molecule has 0 atom stereocenters. The van der Waals surface area contributed by atoms with Gasteiger partial charge in [-0.25, -0.2) is 9.97 Å². The lowest BCUT2D eigenvalue weighted by atomic mass is 9.90. The van der Waals surface area contributed by atoms with Crippen molar-refractivity contribution in [2.24, 2.45) is 0 Å². The van der Waals surface area contributed by atoms with E-state index in [1.807, 2.05) is 42.0 Å². The first-order valence-corrected chi connectivity index (χ1v) is 9.15. The van der Waals surface area contributed by atoms with E-state index in [-0.39, 0.29) is 5.91 Å². The van der Waals surface area contributed by atoms with Crippen LogP contribution in [0, 0.1) is 13.8 Å². The molecular weight excluding hydrogens is 330 g/mol. The van der Waals surface area contributed by atoms with E-state index in [2.05, 4.69) is 15.1 Å². The fourth-order valence-electron chi connectivity index (χ4n) is 3.49. The Hall–Kier alpha value is -2.28. The number of hydrogen-bond acceptors (Lipinski definition) is 5. The van der Waals surface area contributed by atoms with E-state index in [0.717, 1.165) is 48.6 Å². The Morgan fingerprint density at radius 3 is 2.69 bits per heavy atom. The van der Waals surface area contributed by atoms with Crippen LogP contribution in [0.15, 0.2) is 18.6 Å². The average Bonchev–Trinajstić information content (AvgIpc) is 3.07. The van der Waals surface area contributed by atoms with Crippen LogP contribution in [0.5, 0.6) is 0 Å². The van der Waals surface area contributed by atoms with Gasteiger partial charge in [0.1, 0.15) is 5.82 Å². The van der Waals surface area contributed by atoms with Gasteiger partial charge in [-0.3, -0.25) is 9.48 Å². The van der Waals surface area contributed by atoms with Crippen LogP contribution in [0.25, 0.3) is 0 Å². The van der Waals surface area contributed by atoms with Crippen molar-refractivity contribution < 1.29 is 9.53 Å². The topological polar surface area (TPSA) is 73.1 Å². The van der Waals surface area contributed by atoms with Crippen LogP contribution in [0.2, 0.25) is 0 Å². The lowest BCUT2D eigenvalue weighted by Gasteiger charge is -2.32. The van der Waals surface area contributed by atoms with Gasteiger partial charge in [0.2, 0.25) is 5.91 Å². The zero-order valence-corrected chi connectivity index (χ0v) is 15.8. The van der Waals surface area contributed by atoms with E-state index < -0.39 is 0 Å². The van der Waals surface area contributed by atoms with Gasteiger partial charge in [0.15, 0.2) is 0 Å². The Morgan fingerprint density at radius 1 is 1.27 bits per heavy atom. The molecule has 1 fully saturated rings. The van der Waals surface area contributed by atoms with E-state index in [9.17, 15) is 4.79 Å². The summed E-state index contributed by atoms with van der Waals surface area (Å²) in [5, 5.41) is 4.24. The van der Waals surface area contributed by atoms with Gasteiger partial charge in [-0.05, 0) is 32.3 Å². The minimum absolute atomic E-state index is 0.201. The normalized spacial score (nSPS) is 15.4. The number of aromatic nitrogens is 4. The number of aryl methyl sites for hydroxylation is 3. The SMILES string of the molecule is COCc1cnc(C)nc1C1CCN(C(=O)CCn2cc(C)cn2)CC1. The minimum atomic E-state index is 0.201. The molecule has 0 aromatic carbocycles. The summed E-state index contributed by atoms with van der Waals surface area (Å²) >= 11 is 0. The summed E-state index contributed by atoms with van der Waals surface area (Å²) in [6, 6.07) is 0. The average molecular weight is 357 g/mol. The number of rotatable bonds is 6. The predicted molar refractivity (Wildman–Crippen MR) is 97.6 cm³/mol. The highest BCUT2D eigenvalue weighted by molar-refractivity contribution is 5.76. The molecule has 0 aliphatic carbocycles. The molecule has 2 aromatic heterocycles. The largest absolute Gasteiger partial charge is 0.380 e. The fraction of sp³-hybridized carbons (Fsp3) is 0.579. The van der Waals surface area contributed by atoms with Crippen LogP contribution in [-0.4, -0.2) is 50.8 Å². The number of likely N-dealkylation sites (tertiary alicyclic amines) is 1. The van der Waals surface area contributed by atoms with Crippen molar-refractivity contribution >= 4 is 5.91 Å². The first-order valence-electron chi connectivity index (χ1n) is 9.15. The molecule has 26 heavy (non-hydrogen) atoms. The molecule has 3 heterocycles. The van der Waals surface area contributed by atoms with Crippen molar-refractivity contribution in [1.29, 1.82) is 0 Å². The molecule has 1 saturated heterocycles. The van der Waals surface area contributed by atoms with Gasteiger partial charge < -0.3 is 9.64 Å². The maximum absolute atomic E-state index is 12.5. The third kappa shape index (κ3) is 4.46. The van der Waals surface area contributed by atoms with E-state index in [0.29, 0.717) is 25.5 Å². The first-order chi connectivity index (χ1) is 12.6. The van der Waals surface area contributed by atoms with Crippen LogP contribution < -0.4 is 0 Å². The number of nitrogens with zero attached hydrogens (tertiary/aromatic N) is 5. The highest BCUT2D eigenvalue weighted by Gasteiger charge is 2.26. The van der Waals surface area contributed by atoms with Crippen molar-refractivity contribution in [1.82, 2.24) is 24.6 Å². The number of piperidine rings is 1. The highest BCUT2D eigenvalue weighted by Crippen LogP contribution is 2.29. The summed E-state index contributed by atoms with van der Waals surface area (Å²) in [5.41, 5.74) is 3.25. The number of ether oxygens (including phenoxy) is 1. The smallest absolute Gasteiger partial charge is 0.224 e. The molecule has 0 spiro atoms. The molecule has 0 bridgehead atoms. The van der Waals surface area contributed by atoms with Crippen molar-refractivity contribution in [3.63, 3.8) is 0 Å². The molecule has 7 heteroatoms. The van der Waals surface area contributed by atoms with E-state index in [4.69, 9.17) is 4.74 Å². The van der Waals surface area contributed by atoms with Crippen LogP contribution >= 0.6 is 0 Å². The first kappa shape index (κ1) is 18.5. The Labute approximate surface area is 154 Å². The van der Waals surface area contributed by atoms with Gasteiger partial charge in [0.25, 0.3) is 0 Å². The molecule has 0 radical (unpaired) electrons. The third-order valence-corrected chi connectivity index (χ3v) is 4.87. The van der Waals surface area contributed by atoms with E-state index >= 15 is 0 Å². The van der Waals surface area contributed by atoms with E-state index in [1.54, 1.807) is 7.11 Å². The molecule has 2 aromatic rings. The standard InChI is InChI=1S/C19H27N5O2/c1-14-10-21-24(12-14)9-6-18(25)23-7-4-16(5-8-23)19-17(13-26-3)11-20-15(2)22-19/h10-12,16H,4-9,13H2,1-3H3. The lowest BCUT2D eigenvalue weighted by Crippen LogP contribution is -2.38. The summed E-state index contributed by atoms with van der Waals surface area (Å²) in [4.78, 5) is 23.4. The van der Waals surface area contributed by atoms with Crippen molar-refractivity contribution in [2.75, 3.05) is 20.2 Å². The minimum Gasteiger partial charge on any atom is -0.380 e. The Kier molecular flexibility index (Phi) is 5.98. The molecule has 0 N–H and O–H groups in total. The number of carbonyl (C=O) groups excluding carboxylic acids is 1. The molecule has 140 valence electrons. The van der Waals surface area contributed by atoms with Crippen LogP contribution in [0.4, 0.5) is 0 Å². The molecule has 1 aliphatic heterocycles. The number of methoxy groups -OCH3 is 1. The van der Waals surface area contributed by atoms with Crippen molar-refractivity contribution in [3.05, 3.63) is 41.2 Å². The summed E-state index contributed by atoms with van der Waals surface area (Å²) in [6.45, 7) is 6.63. The number of hydrogen-bond donors (Lipinski definition) is 0. The van der Waals surface area contributed by atoms with Gasteiger partial charge in [-0.1, -0.05) is 0 Å². The number of carbonyl (C=O) groups is 1. The lowest BCUT2D eigenvalue weighted by molar-refractivity contribution is -0.132. The molecule has 3 rings (SSSR count). The molecule has 1 aliphatic rings. The van der Waals surface area contributed by atoms with Gasteiger partial charge in [0.05, 0.1) is 18.5 Å². The quantitative estimate of drug-likeness (QED) is 0.793. The van der Waals surface area contributed by atoms with Gasteiger partial charge in [-0.15, -0.1) is 0 Å². The van der Waals surface area contributed by atoms with Gasteiger partial charge >= 0.3 is 0 Å². The van der Waals surface area contributed by atoms with Crippen molar-refractivity contribution in [3.8, 4) is 0 Å². The van der Waals surface area contributed by atoms with Gasteiger partial charge in [0, 0.05) is 57.0 Å². The monoisotopic (exact) mass is 357 g/mol. The molecule has 7 nitrogen and oxygen atoms in total. The van der Waals surface area contributed by atoms with Crippen LogP contribution in [-0.2, 0) is 22.7 Å². The fourth-order valence-corrected chi connectivity index (χ4v) is 3.49. The van der Waals surface area contributed by atoms with Crippen LogP contribution in [0.1, 0.15) is 47.8 Å². The Bertz CT molecular complexity index is 750. The maximum Gasteiger partial charge on any atom is 0.224 e. The predicted octanol–water partition coefficient (Wildman–Crippen LogP) is 2.23.